The molecule has 1 aliphatic heterocycles. The Kier molecular flexibility index (Phi) is 6.03. The zero-order valence-corrected chi connectivity index (χ0v) is 19.7. The first-order valence-electron chi connectivity index (χ1n) is 11.8. The molecule has 1 saturated carbocycles. The molecule has 0 spiro atoms. The first-order chi connectivity index (χ1) is 16.1. The van der Waals surface area contributed by atoms with Crippen LogP contribution < -0.4 is 10.6 Å². The van der Waals surface area contributed by atoms with Gasteiger partial charge >= 0.3 is 0 Å². The summed E-state index contributed by atoms with van der Waals surface area (Å²) in [6.45, 7) is 0. The first-order valence-corrected chi connectivity index (χ1v) is 12.2. The van der Waals surface area contributed by atoms with Crippen LogP contribution in [-0.2, 0) is 12.1 Å². The molecule has 0 atom stereocenters. The van der Waals surface area contributed by atoms with Crippen molar-refractivity contribution in [3.8, 4) is 0 Å². The van der Waals surface area contributed by atoms with Gasteiger partial charge in [-0.25, -0.2) is 0 Å². The van der Waals surface area contributed by atoms with Gasteiger partial charge in [0.1, 0.15) is 5.66 Å². The molecule has 3 aromatic carbocycles. The average molecular weight is 460 g/mol. The fourth-order valence-electron chi connectivity index (χ4n) is 5.23. The van der Waals surface area contributed by atoms with Gasteiger partial charge in [-0.2, -0.15) is 0 Å². The molecule has 2 aliphatic rings. The molecule has 1 fully saturated rings. The van der Waals surface area contributed by atoms with Crippen LogP contribution in [0.3, 0.4) is 0 Å². The lowest BCUT2D eigenvalue weighted by molar-refractivity contribution is 0.0696. The fourth-order valence-corrected chi connectivity index (χ4v) is 5.52. The highest BCUT2D eigenvalue weighted by molar-refractivity contribution is 6.31. The number of hydrogen-bond donors (Lipinski definition) is 2. The van der Waals surface area contributed by atoms with E-state index >= 15 is 0 Å². The normalized spacial score (nSPS) is 17.0. The number of halogens is 1. The van der Waals surface area contributed by atoms with E-state index in [1.165, 1.54) is 19.3 Å². The summed E-state index contributed by atoms with van der Waals surface area (Å²) >= 11 is 6.65. The van der Waals surface area contributed by atoms with Crippen molar-refractivity contribution in [3.05, 3.63) is 94.5 Å². The van der Waals surface area contributed by atoms with Crippen molar-refractivity contribution in [2.24, 2.45) is 0 Å². The summed E-state index contributed by atoms with van der Waals surface area (Å²) in [6, 6.07) is 24.5. The maximum absolute atomic E-state index is 13.1. The van der Waals surface area contributed by atoms with E-state index in [1.807, 2.05) is 54.4 Å². The van der Waals surface area contributed by atoms with E-state index in [1.54, 1.807) is 0 Å². The number of carbonyl (C=O) groups excluding carboxylic acids is 1. The Hall–Kier alpha value is -2.98. The minimum Gasteiger partial charge on any atom is -0.357 e. The van der Waals surface area contributed by atoms with Gasteiger partial charge in [-0.1, -0.05) is 73.3 Å². The molecule has 1 aliphatic carbocycles. The lowest BCUT2D eigenvalue weighted by atomic mass is 9.91. The Morgan fingerprint density at radius 3 is 2.15 bits per heavy atom. The van der Waals surface area contributed by atoms with Gasteiger partial charge in [0.05, 0.1) is 11.4 Å². The number of para-hydroxylation sites is 2. The molecule has 0 unspecified atom stereocenters. The molecule has 33 heavy (non-hydrogen) atoms. The van der Waals surface area contributed by atoms with Gasteiger partial charge in [0, 0.05) is 35.7 Å². The van der Waals surface area contributed by atoms with Crippen LogP contribution in [-0.4, -0.2) is 23.9 Å². The summed E-state index contributed by atoms with van der Waals surface area (Å²) in [5.41, 5.74) is 4.41. The average Bonchev–Trinajstić information content (AvgIpc) is 3.23. The van der Waals surface area contributed by atoms with Crippen LogP contribution in [0, 0.1) is 0 Å². The zero-order chi connectivity index (χ0) is 22.8. The standard InChI is InChI=1S/C28H30ClN3O/c1-32(22-9-3-2-4-10-22)27(33)21-17-15-20(16-18-21)19-28(23-11-5-6-12-24(23)29)30-25-13-7-8-14-26(25)31-28/h5-8,11-18,22,30-31H,2-4,9-10,19H2,1H3. The number of amides is 1. The van der Waals surface area contributed by atoms with E-state index in [0.717, 1.165) is 40.9 Å². The first kappa shape index (κ1) is 21.8. The maximum Gasteiger partial charge on any atom is 0.253 e. The molecule has 0 aromatic heterocycles. The van der Waals surface area contributed by atoms with Crippen molar-refractivity contribution in [2.45, 2.75) is 50.2 Å². The second kappa shape index (κ2) is 9.11. The predicted octanol–water partition coefficient (Wildman–Crippen LogP) is 6.68. The number of fused-ring (bicyclic) bond motifs is 1. The van der Waals surface area contributed by atoms with Crippen molar-refractivity contribution in [3.63, 3.8) is 0 Å². The molecule has 5 rings (SSSR count). The van der Waals surface area contributed by atoms with Crippen LogP contribution in [0.2, 0.25) is 5.02 Å². The summed E-state index contributed by atoms with van der Waals surface area (Å²) in [6.07, 6.45) is 6.61. The number of hydrogen-bond acceptors (Lipinski definition) is 3. The maximum atomic E-state index is 13.1. The Bertz CT molecular complexity index is 1110. The van der Waals surface area contributed by atoms with Gasteiger partial charge in [-0.05, 0) is 48.7 Å². The molecule has 0 radical (unpaired) electrons. The van der Waals surface area contributed by atoms with Gasteiger partial charge in [0.25, 0.3) is 5.91 Å². The third-order valence-electron chi connectivity index (χ3n) is 7.07. The number of nitrogens with one attached hydrogen (secondary N) is 2. The predicted molar refractivity (Wildman–Crippen MR) is 136 cm³/mol. The molecule has 170 valence electrons. The van der Waals surface area contributed by atoms with E-state index < -0.39 is 5.66 Å². The van der Waals surface area contributed by atoms with Crippen LogP contribution in [0.15, 0.2) is 72.8 Å². The lowest BCUT2D eigenvalue weighted by Gasteiger charge is -2.33. The Morgan fingerprint density at radius 1 is 0.909 bits per heavy atom. The van der Waals surface area contributed by atoms with Gasteiger partial charge in [-0.15, -0.1) is 0 Å². The summed E-state index contributed by atoms with van der Waals surface area (Å²) < 4.78 is 0. The van der Waals surface area contributed by atoms with Crippen LogP contribution in [0.1, 0.15) is 53.6 Å². The second-order valence-corrected chi connectivity index (χ2v) is 9.67. The molecule has 1 amide bonds. The quantitative estimate of drug-likeness (QED) is 0.447. The van der Waals surface area contributed by atoms with E-state index in [2.05, 4.69) is 41.0 Å². The number of rotatable bonds is 5. The van der Waals surface area contributed by atoms with Crippen LogP contribution in [0.5, 0.6) is 0 Å². The Labute approximate surface area is 201 Å². The third-order valence-corrected chi connectivity index (χ3v) is 7.40. The van der Waals surface area contributed by atoms with E-state index in [0.29, 0.717) is 17.5 Å². The number of anilines is 2. The van der Waals surface area contributed by atoms with Crippen molar-refractivity contribution >= 4 is 28.9 Å². The zero-order valence-electron chi connectivity index (χ0n) is 19.0. The van der Waals surface area contributed by atoms with Crippen LogP contribution in [0.4, 0.5) is 11.4 Å². The SMILES string of the molecule is CN(C(=O)c1ccc(CC2(c3ccccc3Cl)Nc3ccccc3N2)cc1)C1CCCCC1. The summed E-state index contributed by atoms with van der Waals surface area (Å²) in [7, 11) is 1.95. The van der Waals surface area contributed by atoms with Crippen molar-refractivity contribution in [2.75, 3.05) is 17.7 Å². The Balaban J connectivity index is 1.39. The van der Waals surface area contributed by atoms with E-state index in [-0.39, 0.29) is 5.91 Å². The van der Waals surface area contributed by atoms with Crippen molar-refractivity contribution < 1.29 is 4.79 Å². The van der Waals surface area contributed by atoms with Crippen LogP contribution >= 0.6 is 11.6 Å². The van der Waals surface area contributed by atoms with Gasteiger partial charge in [-0.3, -0.25) is 4.79 Å². The molecule has 5 heteroatoms. The summed E-state index contributed by atoms with van der Waals surface area (Å²) in [5, 5.41) is 8.08. The summed E-state index contributed by atoms with van der Waals surface area (Å²) in [5.74, 6) is 0.110. The largest absolute Gasteiger partial charge is 0.357 e. The molecule has 3 aromatic rings. The number of benzene rings is 3. The van der Waals surface area contributed by atoms with E-state index in [9.17, 15) is 4.79 Å². The van der Waals surface area contributed by atoms with Gasteiger partial charge in [0.2, 0.25) is 0 Å². The smallest absolute Gasteiger partial charge is 0.253 e. The van der Waals surface area contributed by atoms with Crippen molar-refractivity contribution in [1.82, 2.24) is 4.90 Å². The molecule has 0 bridgehead atoms. The molecular formula is C28H30ClN3O. The van der Waals surface area contributed by atoms with Gasteiger partial charge in [0.15, 0.2) is 0 Å². The molecule has 1 heterocycles. The molecule has 4 nitrogen and oxygen atoms in total. The third kappa shape index (κ3) is 4.32. The molecule has 2 N–H and O–H groups in total. The monoisotopic (exact) mass is 459 g/mol. The highest BCUT2D eigenvalue weighted by Gasteiger charge is 2.39. The lowest BCUT2D eigenvalue weighted by Crippen LogP contribution is -2.41. The highest BCUT2D eigenvalue weighted by Crippen LogP contribution is 2.43. The van der Waals surface area contributed by atoms with Crippen LogP contribution in [0.25, 0.3) is 0 Å². The second-order valence-electron chi connectivity index (χ2n) is 9.26. The Morgan fingerprint density at radius 2 is 1.52 bits per heavy atom. The minimum atomic E-state index is -0.563. The molecule has 0 saturated heterocycles. The number of nitrogens with zero attached hydrogens (tertiary/aromatic N) is 1. The minimum absolute atomic E-state index is 0.110. The topological polar surface area (TPSA) is 44.4 Å². The summed E-state index contributed by atoms with van der Waals surface area (Å²) in [4.78, 5) is 15.0. The highest BCUT2D eigenvalue weighted by atomic mass is 35.5. The molecular weight excluding hydrogens is 430 g/mol. The van der Waals surface area contributed by atoms with Gasteiger partial charge < -0.3 is 15.5 Å². The van der Waals surface area contributed by atoms with Crippen molar-refractivity contribution in [1.29, 1.82) is 0 Å². The van der Waals surface area contributed by atoms with E-state index in [4.69, 9.17) is 11.6 Å². The number of carbonyl (C=O) groups is 1. The fraction of sp³-hybridized carbons (Fsp3) is 0.321.